The fourth-order valence-corrected chi connectivity index (χ4v) is 3.80. The van der Waals surface area contributed by atoms with Gasteiger partial charge in [0.05, 0.1) is 0 Å². The van der Waals surface area contributed by atoms with E-state index in [2.05, 4.69) is 31.6 Å². The van der Waals surface area contributed by atoms with E-state index < -0.39 is 9.52 Å². The van der Waals surface area contributed by atoms with Crippen molar-refractivity contribution in [3.63, 3.8) is 0 Å². The van der Waals surface area contributed by atoms with E-state index in [1.165, 1.54) is 0 Å². The highest BCUT2D eigenvalue weighted by Crippen LogP contribution is 2.28. The van der Waals surface area contributed by atoms with Crippen LogP contribution in [-0.4, -0.2) is 20.8 Å². The van der Waals surface area contributed by atoms with Crippen molar-refractivity contribution in [2.75, 3.05) is 5.75 Å². The summed E-state index contributed by atoms with van der Waals surface area (Å²) in [5.74, 6) is 4.61. The van der Waals surface area contributed by atoms with E-state index in [0.29, 0.717) is 5.75 Å². The van der Waals surface area contributed by atoms with Crippen molar-refractivity contribution in [3.05, 3.63) is 23.5 Å². The van der Waals surface area contributed by atoms with Crippen molar-refractivity contribution in [1.82, 2.24) is 4.98 Å². The highest BCUT2D eigenvalue weighted by atomic mass is 32.2. The Morgan fingerprint density at radius 3 is 2.75 bits per heavy atom. The molecule has 1 aromatic rings. The van der Waals surface area contributed by atoms with Crippen molar-refractivity contribution < 1.29 is 4.21 Å². The summed E-state index contributed by atoms with van der Waals surface area (Å²) >= 11 is 0. The van der Waals surface area contributed by atoms with E-state index in [0.717, 1.165) is 29.0 Å². The third-order valence-corrected chi connectivity index (χ3v) is 5.16. The van der Waals surface area contributed by atoms with Crippen molar-refractivity contribution in [2.24, 2.45) is 0 Å². The minimum atomic E-state index is -2.06. The van der Waals surface area contributed by atoms with Crippen LogP contribution in [0.1, 0.15) is 38.4 Å². The third-order valence-electron chi connectivity index (χ3n) is 3.03. The second-order valence-corrected chi connectivity index (χ2v) is 8.02. The van der Waals surface area contributed by atoms with Crippen LogP contribution in [0.15, 0.2) is 17.2 Å². The second kappa shape index (κ2) is 3.59. The SMILES string of the molecule is C=S1(=O)CCCc2cnc(C(C)(C)C)cc21. The lowest BCUT2D eigenvalue weighted by Gasteiger charge is -2.24. The second-order valence-electron chi connectivity index (χ2n) is 5.55. The number of rotatable bonds is 0. The highest BCUT2D eigenvalue weighted by molar-refractivity contribution is 8.00. The van der Waals surface area contributed by atoms with E-state index in [4.69, 9.17) is 0 Å². The molecule has 2 rings (SSSR count). The number of pyridine rings is 1. The number of hydrogen-bond donors (Lipinski definition) is 0. The molecule has 1 unspecified atom stereocenters. The standard InChI is InChI=1S/C13H19NOS/c1-13(2,3)12-8-11-10(9-14-12)6-5-7-16(11,4)15/h8-9H,4-7H2,1-3H3. The van der Waals surface area contributed by atoms with E-state index in [9.17, 15) is 4.21 Å². The van der Waals surface area contributed by atoms with Crippen LogP contribution in [0.3, 0.4) is 0 Å². The zero-order valence-electron chi connectivity index (χ0n) is 10.2. The van der Waals surface area contributed by atoms with Crippen LogP contribution in [0.4, 0.5) is 0 Å². The molecule has 1 aliphatic heterocycles. The van der Waals surface area contributed by atoms with Crippen LogP contribution in [-0.2, 0) is 21.4 Å². The first kappa shape index (κ1) is 11.6. The molecule has 1 aliphatic rings. The molecule has 0 saturated heterocycles. The van der Waals surface area contributed by atoms with Gasteiger partial charge in [-0.2, -0.15) is 0 Å². The molecule has 88 valence electrons. The zero-order valence-corrected chi connectivity index (χ0v) is 11.1. The monoisotopic (exact) mass is 237 g/mol. The first-order valence-electron chi connectivity index (χ1n) is 5.65. The molecule has 0 aromatic carbocycles. The van der Waals surface area contributed by atoms with Crippen LogP contribution < -0.4 is 0 Å². The Hall–Kier alpha value is -0.830. The third kappa shape index (κ3) is 2.01. The molecule has 0 fully saturated rings. The summed E-state index contributed by atoms with van der Waals surface area (Å²) in [6.45, 7) is 6.36. The fraction of sp³-hybridized carbons (Fsp3) is 0.538. The number of aryl methyl sites for hydroxylation is 1. The van der Waals surface area contributed by atoms with Gasteiger partial charge in [0.25, 0.3) is 0 Å². The Balaban J connectivity index is 2.61. The number of hydrogen-bond acceptors (Lipinski definition) is 2. The quantitative estimate of drug-likeness (QED) is 0.649. The lowest BCUT2D eigenvalue weighted by molar-refractivity contribution is 0.564. The number of nitrogens with zero attached hydrogens (tertiary/aromatic N) is 1. The van der Waals surface area contributed by atoms with Gasteiger partial charge in [-0.1, -0.05) is 20.8 Å². The summed E-state index contributed by atoms with van der Waals surface area (Å²) in [4.78, 5) is 5.42. The van der Waals surface area contributed by atoms with Gasteiger partial charge >= 0.3 is 0 Å². The Bertz CT molecular complexity index is 509. The minimum Gasteiger partial charge on any atom is -0.263 e. The van der Waals surface area contributed by atoms with E-state index in [1.54, 1.807) is 0 Å². The van der Waals surface area contributed by atoms with Crippen LogP contribution in [0.5, 0.6) is 0 Å². The minimum absolute atomic E-state index is 0.00198. The van der Waals surface area contributed by atoms with Crippen LogP contribution in [0.25, 0.3) is 0 Å². The zero-order chi connectivity index (χ0) is 12.0. The van der Waals surface area contributed by atoms with E-state index >= 15 is 0 Å². The smallest absolute Gasteiger partial charge is 0.0469 e. The van der Waals surface area contributed by atoms with E-state index in [1.807, 2.05) is 12.3 Å². The summed E-state index contributed by atoms with van der Waals surface area (Å²) in [6.07, 6.45) is 3.84. The van der Waals surface area contributed by atoms with Crippen molar-refractivity contribution in [2.45, 2.75) is 43.9 Å². The molecule has 2 heterocycles. The predicted octanol–water partition coefficient (Wildman–Crippen LogP) is 2.40. The van der Waals surface area contributed by atoms with Crippen LogP contribution in [0.2, 0.25) is 0 Å². The molecular formula is C13H19NOS. The van der Waals surface area contributed by atoms with Crippen LogP contribution in [0, 0.1) is 0 Å². The molecule has 0 bridgehead atoms. The Morgan fingerprint density at radius 2 is 2.12 bits per heavy atom. The van der Waals surface area contributed by atoms with Gasteiger partial charge in [-0.3, -0.25) is 9.19 Å². The molecule has 1 atom stereocenters. The molecule has 0 N–H and O–H groups in total. The molecule has 0 saturated carbocycles. The van der Waals surface area contributed by atoms with Crippen molar-refractivity contribution in [1.29, 1.82) is 0 Å². The van der Waals surface area contributed by atoms with Gasteiger partial charge < -0.3 is 0 Å². The first-order chi connectivity index (χ1) is 7.31. The van der Waals surface area contributed by atoms with Crippen LogP contribution >= 0.6 is 0 Å². The topological polar surface area (TPSA) is 30.0 Å². The Labute approximate surface area is 98.1 Å². The van der Waals surface area contributed by atoms with Gasteiger partial charge in [0.15, 0.2) is 0 Å². The maximum atomic E-state index is 12.4. The fourth-order valence-electron chi connectivity index (χ4n) is 2.02. The van der Waals surface area contributed by atoms with Crippen molar-refractivity contribution >= 4 is 15.4 Å². The number of aromatic nitrogens is 1. The predicted molar refractivity (Wildman–Crippen MR) is 69.7 cm³/mol. The molecule has 3 heteroatoms. The molecular weight excluding hydrogens is 218 g/mol. The van der Waals surface area contributed by atoms with Gasteiger partial charge in [0.2, 0.25) is 0 Å². The first-order valence-corrected chi connectivity index (χ1v) is 7.55. The maximum Gasteiger partial charge on any atom is 0.0469 e. The van der Waals surface area contributed by atoms with Gasteiger partial charge in [-0.05, 0) is 39.9 Å². The lowest BCUT2D eigenvalue weighted by atomic mass is 9.91. The van der Waals surface area contributed by atoms with Gasteiger partial charge in [-0.25, -0.2) is 0 Å². The average molecular weight is 237 g/mol. The molecule has 2 nitrogen and oxygen atoms in total. The molecule has 1 aromatic heterocycles. The maximum absolute atomic E-state index is 12.4. The normalized spacial score (nSPS) is 25.2. The summed E-state index contributed by atoms with van der Waals surface area (Å²) in [5.41, 5.74) is 2.13. The Kier molecular flexibility index (Phi) is 2.61. The molecule has 0 spiro atoms. The van der Waals surface area contributed by atoms with Gasteiger partial charge in [0.1, 0.15) is 0 Å². The van der Waals surface area contributed by atoms with Gasteiger partial charge in [-0.15, -0.1) is 0 Å². The van der Waals surface area contributed by atoms with Gasteiger partial charge in [0, 0.05) is 28.0 Å². The highest BCUT2D eigenvalue weighted by Gasteiger charge is 2.23. The summed E-state index contributed by atoms with van der Waals surface area (Å²) in [7, 11) is -2.06. The number of fused-ring (bicyclic) bond motifs is 1. The van der Waals surface area contributed by atoms with E-state index in [-0.39, 0.29) is 5.41 Å². The molecule has 16 heavy (non-hydrogen) atoms. The summed E-state index contributed by atoms with van der Waals surface area (Å²) < 4.78 is 12.4. The lowest BCUT2D eigenvalue weighted by Crippen LogP contribution is -2.20. The average Bonchev–Trinajstić information content (AvgIpc) is 2.15. The molecule has 0 amide bonds. The largest absolute Gasteiger partial charge is 0.263 e. The summed E-state index contributed by atoms with van der Waals surface area (Å²) in [6, 6.07) is 2.00. The molecule has 0 radical (unpaired) electrons. The van der Waals surface area contributed by atoms with Crippen molar-refractivity contribution in [3.8, 4) is 0 Å². The molecule has 0 aliphatic carbocycles. The Morgan fingerprint density at radius 1 is 1.44 bits per heavy atom. The summed E-state index contributed by atoms with van der Waals surface area (Å²) in [5, 5.41) is 0.